The largest absolute Gasteiger partial charge is 0.327 e. The zero-order valence-corrected chi connectivity index (χ0v) is 10.8. The van der Waals surface area contributed by atoms with Crippen LogP contribution in [0.1, 0.15) is 31.7 Å². The second kappa shape index (κ2) is 7.41. The summed E-state index contributed by atoms with van der Waals surface area (Å²) in [6.45, 7) is 3.78. The zero-order chi connectivity index (χ0) is 12.7. The van der Waals surface area contributed by atoms with Crippen LogP contribution in [0.15, 0.2) is 24.3 Å². The van der Waals surface area contributed by atoms with E-state index in [1.807, 2.05) is 13.1 Å². The SMILES string of the molecule is CCCC[C@H](N)CN(C)Cc1cccc(F)c1. The van der Waals surface area contributed by atoms with Crippen LogP contribution in [-0.4, -0.2) is 24.5 Å². The Labute approximate surface area is 104 Å². The number of benzene rings is 1. The molecule has 17 heavy (non-hydrogen) atoms. The van der Waals surface area contributed by atoms with Gasteiger partial charge in [-0.05, 0) is 31.2 Å². The predicted molar refractivity (Wildman–Crippen MR) is 70.2 cm³/mol. The molecule has 0 aliphatic rings. The molecule has 1 aromatic rings. The van der Waals surface area contributed by atoms with Crippen LogP contribution >= 0.6 is 0 Å². The molecule has 96 valence electrons. The Balaban J connectivity index is 2.36. The molecule has 1 aromatic carbocycles. The van der Waals surface area contributed by atoms with E-state index in [4.69, 9.17) is 5.73 Å². The molecule has 0 spiro atoms. The monoisotopic (exact) mass is 238 g/mol. The molecule has 0 aliphatic carbocycles. The van der Waals surface area contributed by atoms with Gasteiger partial charge in [-0.3, -0.25) is 0 Å². The lowest BCUT2D eigenvalue weighted by molar-refractivity contribution is 0.295. The minimum absolute atomic E-state index is 0.175. The second-order valence-electron chi connectivity index (χ2n) is 4.73. The number of hydrogen-bond acceptors (Lipinski definition) is 2. The molecule has 0 heterocycles. The Bertz CT molecular complexity index is 328. The number of likely N-dealkylation sites (N-methyl/N-ethyl adjacent to an activating group) is 1. The maximum absolute atomic E-state index is 13.0. The number of rotatable bonds is 7. The fourth-order valence-electron chi connectivity index (χ4n) is 1.97. The van der Waals surface area contributed by atoms with E-state index >= 15 is 0 Å². The van der Waals surface area contributed by atoms with E-state index in [-0.39, 0.29) is 11.9 Å². The molecule has 0 radical (unpaired) electrons. The maximum atomic E-state index is 13.0. The lowest BCUT2D eigenvalue weighted by atomic mass is 10.1. The quantitative estimate of drug-likeness (QED) is 0.791. The Hall–Kier alpha value is -0.930. The summed E-state index contributed by atoms with van der Waals surface area (Å²) in [6, 6.07) is 6.95. The highest BCUT2D eigenvalue weighted by Crippen LogP contribution is 2.07. The van der Waals surface area contributed by atoms with Crippen LogP contribution < -0.4 is 5.73 Å². The molecule has 2 nitrogen and oxygen atoms in total. The predicted octanol–water partition coefficient (Wildman–Crippen LogP) is 2.78. The Morgan fingerprint density at radius 2 is 2.18 bits per heavy atom. The summed E-state index contributed by atoms with van der Waals surface area (Å²) in [5.41, 5.74) is 7.02. The van der Waals surface area contributed by atoms with Gasteiger partial charge in [0, 0.05) is 19.1 Å². The minimum Gasteiger partial charge on any atom is -0.327 e. The van der Waals surface area contributed by atoms with Crippen molar-refractivity contribution in [3.05, 3.63) is 35.6 Å². The topological polar surface area (TPSA) is 29.3 Å². The average molecular weight is 238 g/mol. The normalized spacial score (nSPS) is 13.0. The highest BCUT2D eigenvalue weighted by molar-refractivity contribution is 5.16. The molecule has 0 unspecified atom stereocenters. The number of unbranched alkanes of at least 4 members (excludes halogenated alkanes) is 1. The van der Waals surface area contributed by atoms with Crippen LogP contribution in [-0.2, 0) is 6.54 Å². The first-order chi connectivity index (χ1) is 8.11. The summed E-state index contributed by atoms with van der Waals surface area (Å²) in [5.74, 6) is -0.175. The Morgan fingerprint density at radius 1 is 1.41 bits per heavy atom. The third-order valence-corrected chi connectivity index (χ3v) is 2.82. The van der Waals surface area contributed by atoms with Crippen molar-refractivity contribution in [1.82, 2.24) is 4.90 Å². The van der Waals surface area contributed by atoms with Crippen LogP contribution in [0, 0.1) is 5.82 Å². The summed E-state index contributed by atoms with van der Waals surface area (Å²) < 4.78 is 13.0. The third kappa shape index (κ3) is 5.80. The molecule has 0 bridgehead atoms. The summed E-state index contributed by atoms with van der Waals surface area (Å²) in [5, 5.41) is 0. The highest BCUT2D eigenvalue weighted by atomic mass is 19.1. The van der Waals surface area contributed by atoms with Gasteiger partial charge in [0.2, 0.25) is 0 Å². The summed E-state index contributed by atoms with van der Waals surface area (Å²) >= 11 is 0. The lowest BCUT2D eigenvalue weighted by Crippen LogP contribution is -2.34. The van der Waals surface area contributed by atoms with Gasteiger partial charge in [-0.15, -0.1) is 0 Å². The zero-order valence-electron chi connectivity index (χ0n) is 10.8. The van der Waals surface area contributed by atoms with E-state index < -0.39 is 0 Å². The first kappa shape index (κ1) is 14.1. The van der Waals surface area contributed by atoms with E-state index in [0.29, 0.717) is 0 Å². The van der Waals surface area contributed by atoms with Crippen molar-refractivity contribution in [1.29, 1.82) is 0 Å². The van der Waals surface area contributed by atoms with Crippen molar-refractivity contribution >= 4 is 0 Å². The number of hydrogen-bond donors (Lipinski definition) is 1. The van der Waals surface area contributed by atoms with Crippen molar-refractivity contribution in [2.45, 2.75) is 38.8 Å². The van der Waals surface area contributed by atoms with E-state index in [9.17, 15) is 4.39 Å². The van der Waals surface area contributed by atoms with Gasteiger partial charge in [0.1, 0.15) is 5.82 Å². The van der Waals surface area contributed by atoms with Crippen molar-refractivity contribution in [2.75, 3.05) is 13.6 Å². The van der Waals surface area contributed by atoms with Gasteiger partial charge in [-0.2, -0.15) is 0 Å². The third-order valence-electron chi connectivity index (χ3n) is 2.82. The number of nitrogens with two attached hydrogens (primary N) is 1. The standard InChI is InChI=1S/C14H23FN2/c1-3-4-8-14(16)11-17(2)10-12-6-5-7-13(15)9-12/h5-7,9,14H,3-4,8,10-11,16H2,1-2H3/t14-/m0/s1. The fourth-order valence-corrected chi connectivity index (χ4v) is 1.97. The molecular formula is C14H23FN2. The molecule has 0 aliphatic heterocycles. The van der Waals surface area contributed by atoms with Gasteiger partial charge < -0.3 is 10.6 Å². The summed E-state index contributed by atoms with van der Waals surface area (Å²) in [6.07, 6.45) is 3.42. The summed E-state index contributed by atoms with van der Waals surface area (Å²) in [7, 11) is 2.02. The molecule has 0 amide bonds. The smallest absolute Gasteiger partial charge is 0.123 e. The Morgan fingerprint density at radius 3 is 2.82 bits per heavy atom. The van der Waals surface area contributed by atoms with Crippen molar-refractivity contribution in [2.24, 2.45) is 5.73 Å². The molecule has 0 fully saturated rings. The van der Waals surface area contributed by atoms with E-state index in [2.05, 4.69) is 11.8 Å². The molecule has 3 heteroatoms. The number of nitrogens with zero attached hydrogens (tertiary/aromatic N) is 1. The van der Waals surface area contributed by atoms with E-state index in [0.717, 1.165) is 25.1 Å². The first-order valence-electron chi connectivity index (χ1n) is 6.30. The second-order valence-corrected chi connectivity index (χ2v) is 4.73. The van der Waals surface area contributed by atoms with Crippen LogP contribution in [0.25, 0.3) is 0 Å². The molecule has 0 saturated heterocycles. The van der Waals surface area contributed by atoms with Crippen LogP contribution in [0.3, 0.4) is 0 Å². The lowest BCUT2D eigenvalue weighted by Gasteiger charge is -2.21. The van der Waals surface area contributed by atoms with Crippen molar-refractivity contribution < 1.29 is 4.39 Å². The van der Waals surface area contributed by atoms with Gasteiger partial charge in [-0.25, -0.2) is 4.39 Å². The van der Waals surface area contributed by atoms with Gasteiger partial charge in [-0.1, -0.05) is 31.9 Å². The van der Waals surface area contributed by atoms with Crippen LogP contribution in [0.4, 0.5) is 4.39 Å². The molecule has 1 rings (SSSR count). The molecule has 1 atom stereocenters. The molecule has 2 N–H and O–H groups in total. The van der Waals surface area contributed by atoms with Gasteiger partial charge in [0.15, 0.2) is 0 Å². The molecule has 0 aromatic heterocycles. The molecule has 0 saturated carbocycles. The fraction of sp³-hybridized carbons (Fsp3) is 0.571. The first-order valence-corrected chi connectivity index (χ1v) is 6.30. The van der Waals surface area contributed by atoms with Crippen molar-refractivity contribution in [3.63, 3.8) is 0 Å². The molecular weight excluding hydrogens is 215 g/mol. The average Bonchev–Trinajstić information content (AvgIpc) is 2.26. The number of halogens is 1. The Kier molecular flexibility index (Phi) is 6.16. The van der Waals surface area contributed by atoms with Crippen LogP contribution in [0.5, 0.6) is 0 Å². The summed E-state index contributed by atoms with van der Waals surface area (Å²) in [4.78, 5) is 2.15. The highest BCUT2D eigenvalue weighted by Gasteiger charge is 2.07. The van der Waals surface area contributed by atoms with E-state index in [1.54, 1.807) is 12.1 Å². The maximum Gasteiger partial charge on any atom is 0.123 e. The van der Waals surface area contributed by atoms with Gasteiger partial charge in [0.05, 0.1) is 0 Å². The van der Waals surface area contributed by atoms with Gasteiger partial charge in [0.25, 0.3) is 0 Å². The van der Waals surface area contributed by atoms with Gasteiger partial charge >= 0.3 is 0 Å². The minimum atomic E-state index is -0.175. The van der Waals surface area contributed by atoms with E-state index in [1.165, 1.54) is 18.9 Å². The van der Waals surface area contributed by atoms with Crippen LogP contribution in [0.2, 0.25) is 0 Å². The van der Waals surface area contributed by atoms with Crippen molar-refractivity contribution in [3.8, 4) is 0 Å².